The van der Waals surface area contributed by atoms with E-state index in [2.05, 4.69) is 89.1 Å². The van der Waals surface area contributed by atoms with Gasteiger partial charge in [0.15, 0.2) is 5.96 Å². The minimum atomic E-state index is -1.88. The first-order chi connectivity index (χ1) is 41.4. The van der Waals surface area contributed by atoms with Crippen LogP contribution in [0, 0.1) is 11.3 Å². The van der Waals surface area contributed by atoms with Gasteiger partial charge < -0.3 is 113 Å². The van der Waals surface area contributed by atoms with E-state index in [1.54, 1.807) is 13.8 Å². The van der Waals surface area contributed by atoms with Crippen molar-refractivity contribution in [2.45, 2.75) is 197 Å². The van der Waals surface area contributed by atoms with Gasteiger partial charge in [-0.2, -0.15) is 25.3 Å². The van der Waals surface area contributed by atoms with Crippen molar-refractivity contribution in [3.63, 3.8) is 0 Å². The Labute approximate surface area is 525 Å². The highest BCUT2D eigenvalue weighted by atomic mass is 32.1. The number of carboxylic acid groups (broad SMARTS) is 1. The number of rotatable bonds is 43. The summed E-state index contributed by atoms with van der Waals surface area (Å²) in [5.41, 5.74) is 27.4. The molecule has 0 saturated heterocycles. The molecule has 89 heavy (non-hydrogen) atoms. The van der Waals surface area contributed by atoms with E-state index in [1.807, 2.05) is 0 Å². The van der Waals surface area contributed by atoms with Crippen molar-refractivity contribution in [2.24, 2.45) is 34.6 Å². The fourth-order valence-electron chi connectivity index (χ4n) is 7.88. The predicted octanol–water partition coefficient (Wildman–Crippen LogP) is -9.65. The number of nitrogens with two attached hydrogens (primary N) is 5. The van der Waals surface area contributed by atoms with Gasteiger partial charge in [0, 0.05) is 24.5 Å². The second-order valence-corrected chi connectivity index (χ2v) is 22.1. The van der Waals surface area contributed by atoms with Crippen LogP contribution in [0.1, 0.15) is 106 Å². The number of thiol groups is 2. The van der Waals surface area contributed by atoms with Gasteiger partial charge in [0.2, 0.25) is 76.8 Å². The van der Waals surface area contributed by atoms with Crippen LogP contribution < -0.4 is 92.5 Å². The molecule has 0 aromatic carbocycles. The second kappa shape index (κ2) is 41.5. The number of aliphatic carboxylic acids is 1. The predicted molar refractivity (Wildman–Crippen MR) is 325 cm³/mol. The van der Waals surface area contributed by atoms with Gasteiger partial charge >= 0.3 is 5.97 Å². The summed E-state index contributed by atoms with van der Waals surface area (Å²) in [6.07, 6.45) is -5.63. The number of amides is 13. The molecule has 0 aliphatic rings. The Hall–Kier alpha value is -7.65. The number of unbranched alkanes of at least 4 members (excludes halogenated alkanes) is 1. The Morgan fingerprint density at radius 1 is 0.438 bits per heavy atom. The van der Waals surface area contributed by atoms with Crippen LogP contribution in [-0.2, 0) is 67.1 Å². The van der Waals surface area contributed by atoms with Crippen LogP contribution in [0.2, 0.25) is 0 Å². The Balaban J connectivity index is 6.17. The summed E-state index contributed by atoms with van der Waals surface area (Å²) < 4.78 is 0. The molecule has 38 heteroatoms. The van der Waals surface area contributed by atoms with Crippen LogP contribution in [0.5, 0.6) is 0 Å². The highest BCUT2D eigenvalue weighted by Crippen LogP contribution is 2.10. The van der Waals surface area contributed by atoms with Gasteiger partial charge in [0.05, 0.1) is 30.8 Å². The Morgan fingerprint density at radius 2 is 0.809 bits per heavy atom. The molecule has 0 aliphatic carbocycles. The van der Waals surface area contributed by atoms with E-state index >= 15 is 0 Å². The molecule has 0 radical (unpaired) electrons. The van der Waals surface area contributed by atoms with Crippen LogP contribution in [0.25, 0.3) is 0 Å². The number of carboxylic acids is 1. The van der Waals surface area contributed by atoms with E-state index in [0.717, 1.165) is 34.6 Å². The third kappa shape index (κ3) is 31.4. The van der Waals surface area contributed by atoms with Gasteiger partial charge in [-0.3, -0.25) is 67.7 Å². The molecule has 27 N–H and O–H groups in total. The first kappa shape index (κ1) is 81.3. The average molecular weight is 1310 g/mol. The molecule has 0 heterocycles. The zero-order valence-electron chi connectivity index (χ0n) is 50.7. The average Bonchev–Trinajstić information content (AvgIpc) is 3.63. The largest absolute Gasteiger partial charge is 0.480 e. The number of nitrogens with one attached hydrogen (secondary N) is 13. The number of aliphatic hydroxyl groups is 3. The van der Waals surface area contributed by atoms with Crippen molar-refractivity contribution in [1.29, 1.82) is 5.41 Å². The molecule has 506 valence electrons. The maximum absolute atomic E-state index is 13.8. The summed E-state index contributed by atoms with van der Waals surface area (Å²) in [7, 11) is 0. The third-order valence-electron chi connectivity index (χ3n) is 12.9. The van der Waals surface area contributed by atoms with E-state index in [-0.39, 0.29) is 43.9 Å². The molecule has 0 rings (SSSR count). The van der Waals surface area contributed by atoms with E-state index in [4.69, 9.17) is 34.1 Å². The van der Waals surface area contributed by atoms with E-state index in [0.29, 0.717) is 19.4 Å². The topological polar surface area (TPSA) is 618 Å². The third-order valence-corrected chi connectivity index (χ3v) is 13.6. The summed E-state index contributed by atoms with van der Waals surface area (Å²) in [4.78, 5) is 183. The fourth-order valence-corrected chi connectivity index (χ4v) is 8.39. The summed E-state index contributed by atoms with van der Waals surface area (Å²) in [6, 6.07) is -19.1. The number of hydrogen-bond acceptors (Lipinski definition) is 22. The van der Waals surface area contributed by atoms with Crippen molar-refractivity contribution < 1.29 is 87.5 Å². The SMILES string of the molecule is CC(C)C[C@H](NC(=O)[C@H](CCCNC(=N)N)NC(=O)[C@H](CCC(N)=O)NC(=O)[C@@H](NC(=O)[C@H](C)NC(=O)[C@H](CS)NC(=O)[C@@H](NC(=O)[C@H](C)NC(=O)[C@@H](NC(=O)[C@H](CC(N)=O)NC(=O)[C@H](CS)NC(=O)[C@@H](N)CCCCN)[C@@H](C)O)[C@@H](C)O)[C@@H](C)O)C(=O)O. The second-order valence-electron chi connectivity index (χ2n) is 21.4. The smallest absolute Gasteiger partial charge is 0.326 e. The van der Waals surface area contributed by atoms with Gasteiger partial charge in [0.25, 0.3) is 0 Å². The van der Waals surface area contributed by atoms with Gasteiger partial charge in [-0.1, -0.05) is 20.3 Å². The molecule has 0 aliphatic heterocycles. The molecule has 0 bridgehead atoms. The summed E-state index contributed by atoms with van der Waals surface area (Å²) >= 11 is 8.17. The highest BCUT2D eigenvalue weighted by molar-refractivity contribution is 7.80. The van der Waals surface area contributed by atoms with E-state index < -0.39 is 205 Å². The molecule has 0 aromatic rings. The lowest BCUT2D eigenvalue weighted by molar-refractivity contribution is -0.143. The summed E-state index contributed by atoms with van der Waals surface area (Å²) in [5.74, 6) is -16.6. The van der Waals surface area contributed by atoms with Crippen LogP contribution in [0.4, 0.5) is 0 Å². The molecule has 13 amide bonds. The minimum Gasteiger partial charge on any atom is -0.480 e. The minimum absolute atomic E-state index is 0.0174. The van der Waals surface area contributed by atoms with Crippen LogP contribution >= 0.6 is 25.3 Å². The molecule has 0 aromatic heterocycles. The van der Waals surface area contributed by atoms with Gasteiger partial charge in [0.1, 0.15) is 66.5 Å². The van der Waals surface area contributed by atoms with Crippen molar-refractivity contribution >= 4 is 114 Å². The maximum Gasteiger partial charge on any atom is 0.326 e. The van der Waals surface area contributed by atoms with Crippen molar-refractivity contribution in [2.75, 3.05) is 24.6 Å². The number of carbonyl (C=O) groups is 14. The zero-order valence-corrected chi connectivity index (χ0v) is 52.5. The molecule has 0 fully saturated rings. The lowest BCUT2D eigenvalue weighted by Crippen LogP contribution is -2.63. The van der Waals surface area contributed by atoms with Crippen LogP contribution in [0.3, 0.4) is 0 Å². The normalized spacial score (nSPS) is 16.2. The molecule has 0 spiro atoms. The lowest BCUT2D eigenvalue weighted by Gasteiger charge is -2.28. The van der Waals surface area contributed by atoms with E-state index in [9.17, 15) is 87.5 Å². The molecule has 15 atom stereocenters. The van der Waals surface area contributed by atoms with Crippen LogP contribution in [-0.4, -0.2) is 225 Å². The Kier molecular flexibility index (Phi) is 38.0. The Morgan fingerprint density at radius 3 is 1.22 bits per heavy atom. The quantitative estimate of drug-likeness (QED) is 0.0117. The summed E-state index contributed by atoms with van der Waals surface area (Å²) in [6.45, 7) is 9.31. The molecular weight excluding hydrogens is 1220 g/mol. The monoisotopic (exact) mass is 1310 g/mol. The van der Waals surface area contributed by atoms with Crippen molar-refractivity contribution in [3.05, 3.63) is 0 Å². The van der Waals surface area contributed by atoms with E-state index in [1.165, 1.54) is 0 Å². The number of primary amides is 2. The number of guanidine groups is 1. The Bertz CT molecular complexity index is 2460. The lowest BCUT2D eigenvalue weighted by atomic mass is 10.0. The molecule has 0 unspecified atom stereocenters. The molecule has 0 saturated carbocycles. The van der Waals surface area contributed by atoms with Crippen LogP contribution in [0.15, 0.2) is 0 Å². The standard InChI is InChI=1S/C51H92N18O18S2/c1-21(2)17-31(50(86)87)64-42(78)28(12-10-16-58-51(56)57)61-43(79)29(13-14-34(54)73)62-48(84)37(25(6)71)67-39(75)22(3)59-45(81)32(19-88)66-49(85)38(26(7)72)68-40(76)23(4)60-47(83)36(24(5)70)69-44(80)30(18-35(55)74)63-46(82)33(20-89)65-41(77)27(53)11-8-9-15-52/h21-33,36-38,70-72,88-89H,8-20,52-53H2,1-7H3,(H2,54,73)(H2,55,74)(H,59,81)(H,60,83)(H,61,79)(H,62,84)(H,63,82)(H,64,78)(H,65,77)(H,66,85)(H,67,75)(H,68,76)(H,69,80)(H,86,87)(H4,56,57,58)/t22-,23-,24+,25+,26+,27-,28-,29-,30-,31-,32-,33-,36-,37-,38-/m0/s1. The fraction of sp³-hybridized carbons (Fsp3) is 0.706. The number of hydrogen-bond donors (Lipinski definition) is 24. The van der Waals surface area contributed by atoms with Gasteiger partial charge in [-0.15, -0.1) is 0 Å². The molecular formula is C51H92N18O18S2. The zero-order chi connectivity index (χ0) is 68.6. The first-order valence-electron chi connectivity index (χ1n) is 28.4. The van der Waals surface area contributed by atoms with Gasteiger partial charge in [-0.25, -0.2) is 4.79 Å². The maximum atomic E-state index is 13.8. The first-order valence-corrected chi connectivity index (χ1v) is 29.6. The number of carbonyl (C=O) groups excluding carboxylic acids is 13. The number of aliphatic hydroxyl groups excluding tert-OH is 3. The molecule has 36 nitrogen and oxygen atoms in total. The van der Waals surface area contributed by atoms with Crippen molar-refractivity contribution in [1.82, 2.24) is 63.8 Å². The highest BCUT2D eigenvalue weighted by Gasteiger charge is 2.38. The summed E-state index contributed by atoms with van der Waals surface area (Å²) in [5, 5.41) is 76.4. The van der Waals surface area contributed by atoms with Crippen molar-refractivity contribution in [3.8, 4) is 0 Å². The van der Waals surface area contributed by atoms with Gasteiger partial charge in [-0.05, 0) is 85.6 Å².